The second kappa shape index (κ2) is 7.97. The summed E-state index contributed by atoms with van der Waals surface area (Å²) in [7, 11) is 0. The van der Waals surface area contributed by atoms with E-state index >= 15 is 0 Å². The van der Waals surface area contributed by atoms with Crippen molar-refractivity contribution in [3.05, 3.63) is 47.9 Å². The van der Waals surface area contributed by atoms with E-state index in [0.29, 0.717) is 17.3 Å². The van der Waals surface area contributed by atoms with Gasteiger partial charge in [-0.25, -0.2) is 19.9 Å². The first-order valence-electron chi connectivity index (χ1n) is 8.56. The monoisotopic (exact) mass is 379 g/mol. The van der Waals surface area contributed by atoms with Gasteiger partial charge in [0.15, 0.2) is 5.13 Å². The quantitative estimate of drug-likeness (QED) is 0.722. The molecule has 0 bridgehead atoms. The number of ether oxygens (including phenoxy) is 1. The molecule has 136 valence electrons. The number of rotatable bonds is 5. The second-order valence-electron chi connectivity index (χ2n) is 6.02. The van der Waals surface area contributed by atoms with E-state index < -0.39 is 0 Å². The summed E-state index contributed by atoms with van der Waals surface area (Å²) in [6, 6.07) is 7.56. The van der Waals surface area contributed by atoms with Crippen LogP contribution in [-0.2, 0) is 0 Å². The molecule has 1 aliphatic heterocycles. The van der Waals surface area contributed by atoms with Gasteiger partial charge in [0.1, 0.15) is 30.1 Å². The smallest absolute Gasteiger partial charge is 0.218 e. The molecule has 27 heavy (non-hydrogen) atoms. The van der Waals surface area contributed by atoms with Crippen LogP contribution in [0.25, 0.3) is 0 Å². The Morgan fingerprint density at radius 3 is 2.78 bits per heavy atom. The summed E-state index contributed by atoms with van der Waals surface area (Å²) in [4.78, 5) is 19.2. The van der Waals surface area contributed by atoms with Crippen molar-refractivity contribution in [2.45, 2.75) is 18.9 Å². The van der Waals surface area contributed by atoms with Crippen LogP contribution >= 0.6 is 11.3 Å². The highest BCUT2D eigenvalue weighted by Gasteiger charge is 2.22. The number of nitrogens with zero attached hydrogens (tertiary/aromatic N) is 6. The first-order valence-corrected chi connectivity index (χ1v) is 9.44. The molecule has 0 saturated carbocycles. The van der Waals surface area contributed by atoms with Crippen molar-refractivity contribution in [3.8, 4) is 11.9 Å². The third kappa shape index (κ3) is 4.30. The molecule has 0 spiro atoms. The zero-order chi connectivity index (χ0) is 18.5. The molecular weight excluding hydrogens is 362 g/mol. The molecule has 0 amide bonds. The van der Waals surface area contributed by atoms with Gasteiger partial charge in [-0.15, -0.1) is 11.3 Å². The molecule has 0 aromatic carbocycles. The third-order valence-electron chi connectivity index (χ3n) is 4.24. The van der Waals surface area contributed by atoms with Crippen LogP contribution in [0.15, 0.2) is 42.3 Å². The van der Waals surface area contributed by atoms with E-state index in [0.717, 1.165) is 36.9 Å². The summed E-state index contributed by atoms with van der Waals surface area (Å²) in [5, 5.41) is 14.7. The van der Waals surface area contributed by atoms with Gasteiger partial charge in [0, 0.05) is 49.8 Å². The van der Waals surface area contributed by atoms with Crippen LogP contribution in [0.5, 0.6) is 5.88 Å². The van der Waals surface area contributed by atoms with Crippen molar-refractivity contribution >= 4 is 28.1 Å². The molecule has 0 radical (unpaired) electrons. The van der Waals surface area contributed by atoms with Crippen LogP contribution in [0.2, 0.25) is 0 Å². The van der Waals surface area contributed by atoms with Crippen LogP contribution in [-0.4, -0.2) is 39.1 Å². The van der Waals surface area contributed by atoms with Gasteiger partial charge in [-0.1, -0.05) is 0 Å². The van der Waals surface area contributed by atoms with Crippen molar-refractivity contribution < 1.29 is 4.74 Å². The molecule has 8 nitrogen and oxygen atoms in total. The molecule has 1 fully saturated rings. The zero-order valence-corrected chi connectivity index (χ0v) is 15.3. The minimum Gasteiger partial charge on any atom is -0.474 e. The molecule has 3 aromatic heterocycles. The normalized spacial score (nSPS) is 14.6. The fourth-order valence-electron chi connectivity index (χ4n) is 2.88. The van der Waals surface area contributed by atoms with Gasteiger partial charge < -0.3 is 15.0 Å². The highest BCUT2D eigenvalue weighted by molar-refractivity contribution is 7.13. The van der Waals surface area contributed by atoms with Crippen molar-refractivity contribution in [1.82, 2.24) is 19.9 Å². The fraction of sp³-hybridized carbons (Fsp3) is 0.278. The van der Waals surface area contributed by atoms with Gasteiger partial charge >= 0.3 is 0 Å². The second-order valence-corrected chi connectivity index (χ2v) is 6.92. The Hall–Kier alpha value is -3.25. The van der Waals surface area contributed by atoms with E-state index in [-0.39, 0.29) is 6.10 Å². The molecule has 0 unspecified atom stereocenters. The topological polar surface area (TPSA) is 99.9 Å². The standard InChI is InChI=1S/C18H17N7OS/c19-10-13-1-2-16(21-11-13)25-6-3-14(4-7-25)26-17-9-15(22-12-23-17)24-18-20-5-8-27-18/h1-2,5,8-9,11-12,14H,3-4,6-7H2,(H,20,22,23,24). The predicted octanol–water partition coefficient (Wildman–Crippen LogP) is 2.99. The van der Waals surface area contributed by atoms with Crippen LogP contribution in [0.3, 0.4) is 0 Å². The Morgan fingerprint density at radius 2 is 2.07 bits per heavy atom. The number of hydrogen-bond donors (Lipinski definition) is 1. The maximum absolute atomic E-state index is 8.87. The largest absolute Gasteiger partial charge is 0.474 e. The summed E-state index contributed by atoms with van der Waals surface area (Å²) >= 11 is 1.51. The lowest BCUT2D eigenvalue weighted by Gasteiger charge is -2.32. The maximum Gasteiger partial charge on any atom is 0.218 e. The minimum absolute atomic E-state index is 0.0993. The number of anilines is 3. The van der Waals surface area contributed by atoms with Crippen LogP contribution in [0.4, 0.5) is 16.8 Å². The van der Waals surface area contributed by atoms with Crippen molar-refractivity contribution in [1.29, 1.82) is 5.26 Å². The number of thiazole rings is 1. The first-order chi connectivity index (χ1) is 13.3. The van der Waals surface area contributed by atoms with E-state index in [1.54, 1.807) is 24.5 Å². The lowest BCUT2D eigenvalue weighted by atomic mass is 10.1. The lowest BCUT2D eigenvalue weighted by Crippen LogP contribution is -2.38. The van der Waals surface area contributed by atoms with Gasteiger partial charge in [0.05, 0.1) is 5.56 Å². The van der Waals surface area contributed by atoms with Gasteiger partial charge in [0.25, 0.3) is 0 Å². The predicted molar refractivity (Wildman–Crippen MR) is 102 cm³/mol. The SMILES string of the molecule is N#Cc1ccc(N2CCC(Oc3cc(Nc4nccs4)ncn3)CC2)nc1. The van der Waals surface area contributed by atoms with Gasteiger partial charge in [-0.3, -0.25) is 0 Å². The summed E-state index contributed by atoms with van der Waals surface area (Å²) in [5.74, 6) is 2.11. The molecule has 9 heteroatoms. The molecule has 1 saturated heterocycles. The maximum atomic E-state index is 8.87. The number of aromatic nitrogens is 4. The number of piperidine rings is 1. The molecule has 0 aliphatic carbocycles. The van der Waals surface area contributed by atoms with Crippen LogP contribution < -0.4 is 15.0 Å². The Bertz CT molecular complexity index is 916. The summed E-state index contributed by atoms with van der Waals surface area (Å²) in [6.45, 7) is 1.69. The molecular formula is C18H17N7OS. The van der Waals surface area contributed by atoms with Gasteiger partial charge in [-0.05, 0) is 12.1 Å². The van der Waals surface area contributed by atoms with Crippen LogP contribution in [0.1, 0.15) is 18.4 Å². The molecule has 4 rings (SSSR count). The first kappa shape index (κ1) is 17.2. The molecule has 0 atom stereocenters. The summed E-state index contributed by atoms with van der Waals surface area (Å²) < 4.78 is 6.04. The van der Waals surface area contributed by atoms with E-state index in [4.69, 9.17) is 10.00 Å². The summed E-state index contributed by atoms with van der Waals surface area (Å²) in [5.41, 5.74) is 0.572. The Balaban J connectivity index is 1.33. The molecule has 3 aromatic rings. The Labute approximate surface area is 160 Å². The lowest BCUT2D eigenvalue weighted by molar-refractivity contribution is 0.163. The van der Waals surface area contributed by atoms with E-state index in [1.807, 2.05) is 11.4 Å². The number of hydrogen-bond acceptors (Lipinski definition) is 9. The van der Waals surface area contributed by atoms with Crippen LogP contribution in [0, 0.1) is 11.3 Å². The van der Waals surface area contributed by atoms with Crippen molar-refractivity contribution in [2.24, 2.45) is 0 Å². The highest BCUT2D eigenvalue weighted by Crippen LogP contribution is 2.23. The van der Waals surface area contributed by atoms with Gasteiger partial charge in [-0.2, -0.15) is 5.26 Å². The zero-order valence-electron chi connectivity index (χ0n) is 14.4. The number of nitriles is 1. The molecule has 1 N–H and O–H groups in total. The van der Waals surface area contributed by atoms with Gasteiger partial charge in [0.2, 0.25) is 5.88 Å². The van der Waals surface area contributed by atoms with E-state index in [9.17, 15) is 0 Å². The fourth-order valence-corrected chi connectivity index (χ4v) is 3.42. The molecule has 1 aliphatic rings. The molecule has 4 heterocycles. The highest BCUT2D eigenvalue weighted by atomic mass is 32.1. The average Bonchev–Trinajstić information content (AvgIpc) is 3.22. The third-order valence-corrected chi connectivity index (χ3v) is 4.93. The van der Waals surface area contributed by atoms with E-state index in [2.05, 4.69) is 36.2 Å². The summed E-state index contributed by atoms with van der Waals surface area (Å²) in [6.07, 6.45) is 6.68. The Kier molecular flexibility index (Phi) is 5.07. The average molecular weight is 379 g/mol. The minimum atomic E-state index is 0.0993. The van der Waals surface area contributed by atoms with E-state index in [1.165, 1.54) is 17.7 Å². The number of nitrogens with one attached hydrogen (secondary N) is 1. The van der Waals surface area contributed by atoms with Crippen molar-refractivity contribution in [3.63, 3.8) is 0 Å². The number of pyridine rings is 1. The Morgan fingerprint density at radius 1 is 1.19 bits per heavy atom. The van der Waals surface area contributed by atoms with Crippen molar-refractivity contribution in [2.75, 3.05) is 23.3 Å².